The smallest absolute Gasteiger partial charge is 0.261 e. The molecule has 1 aromatic heterocycles. The summed E-state index contributed by atoms with van der Waals surface area (Å²) < 4.78 is 2.62. The first-order valence-corrected chi connectivity index (χ1v) is 10.6. The Kier molecular flexibility index (Phi) is 6.72. The van der Waals surface area contributed by atoms with Gasteiger partial charge in [-0.05, 0) is 38.4 Å². The molecule has 1 aliphatic heterocycles. The Balaban J connectivity index is 2.18. The Morgan fingerprint density at radius 2 is 2.12 bits per heavy atom. The van der Waals surface area contributed by atoms with Crippen molar-refractivity contribution in [2.24, 2.45) is 0 Å². The minimum Gasteiger partial charge on any atom is -0.315 e. The zero-order valence-electron chi connectivity index (χ0n) is 15.4. The quantitative estimate of drug-likeness (QED) is 0.763. The van der Waals surface area contributed by atoms with Crippen molar-refractivity contribution in [3.63, 3.8) is 0 Å². The van der Waals surface area contributed by atoms with Crippen molar-refractivity contribution in [3.05, 3.63) is 37.8 Å². The molecule has 142 valence electrons. The molecule has 1 aromatic carbocycles. The third kappa shape index (κ3) is 3.98. The number of benzene rings is 1. The van der Waals surface area contributed by atoms with Gasteiger partial charge in [0.05, 0.1) is 22.0 Å². The summed E-state index contributed by atoms with van der Waals surface area (Å²) in [4.78, 5) is 20.5. The molecule has 1 atom stereocenters. The number of rotatable bonds is 5. The third-order valence-corrected chi connectivity index (χ3v) is 5.74. The molecule has 1 unspecified atom stereocenters. The fourth-order valence-corrected chi connectivity index (χ4v) is 4.60. The number of hydrogen-bond donors (Lipinski definition) is 1. The van der Waals surface area contributed by atoms with E-state index in [1.807, 2.05) is 17.6 Å². The van der Waals surface area contributed by atoms with Gasteiger partial charge in [0.2, 0.25) is 0 Å². The van der Waals surface area contributed by atoms with Gasteiger partial charge in [-0.3, -0.25) is 14.3 Å². The maximum absolute atomic E-state index is 13.2. The highest BCUT2D eigenvalue weighted by molar-refractivity contribution is 9.10. The molecule has 0 saturated carbocycles. The highest BCUT2D eigenvalue weighted by atomic mass is 79.9. The van der Waals surface area contributed by atoms with Crippen LogP contribution in [0.3, 0.4) is 0 Å². The Morgan fingerprint density at radius 3 is 2.85 bits per heavy atom. The van der Waals surface area contributed by atoms with E-state index in [1.165, 1.54) is 0 Å². The van der Waals surface area contributed by atoms with Crippen LogP contribution in [0.5, 0.6) is 0 Å². The van der Waals surface area contributed by atoms with Gasteiger partial charge in [0.25, 0.3) is 5.56 Å². The molecular formula is C19H26BrClN4O. The van der Waals surface area contributed by atoms with E-state index in [9.17, 15) is 4.79 Å². The highest BCUT2D eigenvalue weighted by Crippen LogP contribution is 2.29. The topological polar surface area (TPSA) is 50.2 Å². The lowest BCUT2D eigenvalue weighted by Crippen LogP contribution is -2.37. The number of halogens is 2. The maximum Gasteiger partial charge on any atom is 0.261 e. The monoisotopic (exact) mass is 440 g/mol. The van der Waals surface area contributed by atoms with Crippen molar-refractivity contribution in [1.82, 2.24) is 19.8 Å². The van der Waals surface area contributed by atoms with Crippen molar-refractivity contribution in [3.8, 4) is 0 Å². The Hall–Kier alpha value is -0.950. The summed E-state index contributed by atoms with van der Waals surface area (Å²) in [6, 6.07) is 3.76. The minimum absolute atomic E-state index is 0.00949. The molecule has 1 N–H and O–H groups in total. The van der Waals surface area contributed by atoms with Gasteiger partial charge in [0, 0.05) is 30.7 Å². The third-order valence-electron chi connectivity index (χ3n) is 5.00. The Labute approximate surface area is 167 Å². The summed E-state index contributed by atoms with van der Waals surface area (Å²) in [5.41, 5.74) is 0.596. The number of aromatic nitrogens is 2. The standard InChI is InChI=1S/C19H26BrClN4O/c1-3-6-16(24-9-5-7-22-8-10-24)18-23-17-14(19(26)25(18)4-2)11-13(20)12-15(17)21/h11-12,16,22H,3-10H2,1-2H3. The predicted molar refractivity (Wildman–Crippen MR) is 111 cm³/mol. The van der Waals surface area contributed by atoms with Gasteiger partial charge in [0.15, 0.2) is 0 Å². The summed E-state index contributed by atoms with van der Waals surface area (Å²) in [6.07, 6.45) is 3.13. The second-order valence-electron chi connectivity index (χ2n) is 6.75. The van der Waals surface area contributed by atoms with Crippen molar-refractivity contribution in [2.75, 3.05) is 26.2 Å². The SMILES string of the molecule is CCCC(c1nc2c(Cl)cc(Br)cc2c(=O)n1CC)N1CCCNCC1. The summed E-state index contributed by atoms with van der Waals surface area (Å²) in [5.74, 6) is 0.845. The van der Waals surface area contributed by atoms with Crippen LogP contribution in [-0.2, 0) is 6.54 Å². The van der Waals surface area contributed by atoms with Crippen LogP contribution in [0.1, 0.15) is 45.0 Å². The van der Waals surface area contributed by atoms with E-state index in [-0.39, 0.29) is 11.6 Å². The van der Waals surface area contributed by atoms with Gasteiger partial charge < -0.3 is 5.32 Å². The van der Waals surface area contributed by atoms with Crippen LogP contribution in [0.15, 0.2) is 21.4 Å². The molecule has 7 heteroatoms. The highest BCUT2D eigenvalue weighted by Gasteiger charge is 2.26. The van der Waals surface area contributed by atoms with Crippen LogP contribution in [0, 0.1) is 0 Å². The molecule has 3 rings (SSSR count). The van der Waals surface area contributed by atoms with Crippen molar-refractivity contribution in [1.29, 1.82) is 0 Å². The van der Waals surface area contributed by atoms with Crippen molar-refractivity contribution in [2.45, 2.75) is 45.7 Å². The van der Waals surface area contributed by atoms with Crippen molar-refractivity contribution >= 4 is 38.4 Å². The van der Waals surface area contributed by atoms with Crippen LogP contribution in [0.2, 0.25) is 5.02 Å². The van der Waals surface area contributed by atoms with E-state index in [0.717, 1.165) is 55.7 Å². The van der Waals surface area contributed by atoms with E-state index >= 15 is 0 Å². The van der Waals surface area contributed by atoms with Gasteiger partial charge in [-0.2, -0.15) is 0 Å². The maximum atomic E-state index is 13.2. The van der Waals surface area contributed by atoms with Crippen LogP contribution >= 0.6 is 27.5 Å². The molecule has 1 fully saturated rings. The lowest BCUT2D eigenvalue weighted by atomic mass is 10.1. The van der Waals surface area contributed by atoms with E-state index in [2.05, 4.69) is 33.1 Å². The van der Waals surface area contributed by atoms with Crippen molar-refractivity contribution < 1.29 is 0 Å². The molecule has 0 spiro atoms. The second-order valence-corrected chi connectivity index (χ2v) is 8.07. The molecule has 26 heavy (non-hydrogen) atoms. The Morgan fingerprint density at radius 1 is 1.31 bits per heavy atom. The van der Waals surface area contributed by atoms with Gasteiger partial charge in [0.1, 0.15) is 5.82 Å². The zero-order chi connectivity index (χ0) is 18.7. The number of fused-ring (bicyclic) bond motifs is 1. The predicted octanol–water partition coefficient (Wildman–Crippen LogP) is 3.97. The summed E-state index contributed by atoms with van der Waals surface area (Å²) in [7, 11) is 0. The Bertz CT molecular complexity index is 830. The van der Waals surface area contributed by atoms with Gasteiger partial charge in [-0.15, -0.1) is 0 Å². The summed E-state index contributed by atoms with van der Waals surface area (Å²) in [5, 5.41) is 4.54. The number of nitrogens with zero attached hydrogens (tertiary/aromatic N) is 3. The first-order valence-electron chi connectivity index (χ1n) is 9.41. The molecule has 5 nitrogen and oxygen atoms in total. The first-order chi connectivity index (χ1) is 12.6. The lowest BCUT2D eigenvalue weighted by Gasteiger charge is -2.31. The van der Waals surface area contributed by atoms with Gasteiger partial charge in [-0.1, -0.05) is 40.9 Å². The minimum atomic E-state index is -0.00949. The molecule has 1 saturated heterocycles. The number of hydrogen-bond acceptors (Lipinski definition) is 4. The average Bonchev–Trinajstić information content (AvgIpc) is 2.89. The molecule has 2 aromatic rings. The van der Waals surface area contributed by atoms with E-state index < -0.39 is 0 Å². The molecule has 0 aliphatic carbocycles. The van der Waals surface area contributed by atoms with Crippen LogP contribution in [0.25, 0.3) is 10.9 Å². The normalized spacial score (nSPS) is 17.4. The van der Waals surface area contributed by atoms with Crippen LogP contribution in [0.4, 0.5) is 0 Å². The second kappa shape index (κ2) is 8.83. The van der Waals surface area contributed by atoms with E-state index in [1.54, 1.807) is 6.07 Å². The van der Waals surface area contributed by atoms with Crippen LogP contribution < -0.4 is 10.9 Å². The fourth-order valence-electron chi connectivity index (χ4n) is 3.75. The largest absolute Gasteiger partial charge is 0.315 e. The van der Waals surface area contributed by atoms with E-state index in [0.29, 0.717) is 22.5 Å². The van der Waals surface area contributed by atoms with E-state index in [4.69, 9.17) is 16.6 Å². The molecule has 2 heterocycles. The van der Waals surface area contributed by atoms with Gasteiger partial charge in [-0.25, -0.2) is 4.98 Å². The average molecular weight is 442 g/mol. The molecule has 0 bridgehead atoms. The summed E-state index contributed by atoms with van der Waals surface area (Å²) >= 11 is 9.86. The fraction of sp³-hybridized carbons (Fsp3) is 0.579. The summed E-state index contributed by atoms with van der Waals surface area (Å²) in [6.45, 7) is 8.79. The zero-order valence-corrected chi connectivity index (χ0v) is 17.7. The van der Waals surface area contributed by atoms with Gasteiger partial charge >= 0.3 is 0 Å². The molecular weight excluding hydrogens is 416 g/mol. The van der Waals surface area contributed by atoms with Crippen LogP contribution in [-0.4, -0.2) is 40.6 Å². The number of nitrogens with one attached hydrogen (secondary N) is 1. The lowest BCUT2D eigenvalue weighted by molar-refractivity contribution is 0.185. The molecule has 1 aliphatic rings. The first kappa shape index (κ1) is 19.8. The molecule has 0 radical (unpaired) electrons. The molecule has 0 amide bonds.